The van der Waals surface area contributed by atoms with Crippen LogP contribution < -0.4 is 0 Å². The van der Waals surface area contributed by atoms with Crippen molar-refractivity contribution in [2.75, 3.05) is 32.8 Å². The molecule has 1 N–H and O–H groups in total. The van der Waals surface area contributed by atoms with E-state index in [-0.39, 0.29) is 0 Å². The molecule has 26 heavy (non-hydrogen) atoms. The number of halogens is 1. The van der Waals surface area contributed by atoms with Crippen LogP contribution >= 0.6 is 22.9 Å². The number of hydrogen-bond donors (Lipinski definition) is 1. The van der Waals surface area contributed by atoms with Gasteiger partial charge < -0.3 is 9.84 Å². The molecule has 7 heteroatoms. The van der Waals surface area contributed by atoms with Crippen molar-refractivity contribution in [2.45, 2.75) is 45.1 Å². The van der Waals surface area contributed by atoms with Gasteiger partial charge in [0.25, 0.3) is 0 Å². The Kier molecular flexibility index (Phi) is 7.10. The van der Waals surface area contributed by atoms with Gasteiger partial charge in [-0.3, -0.25) is 9.80 Å². The molecule has 142 valence electrons. The van der Waals surface area contributed by atoms with Crippen LogP contribution in [0.4, 0.5) is 0 Å². The normalized spacial score (nSPS) is 21.5. The second kappa shape index (κ2) is 9.32. The number of likely N-dealkylation sites (tertiary alicyclic amines) is 2. The van der Waals surface area contributed by atoms with Crippen molar-refractivity contribution < 1.29 is 9.84 Å². The maximum absolute atomic E-state index is 10.7. The maximum Gasteiger partial charge on any atom is 0.165 e. The Morgan fingerprint density at radius 2 is 1.96 bits per heavy atom. The van der Waals surface area contributed by atoms with E-state index >= 15 is 0 Å². The molecular formula is C19H26ClN3O2S. The van der Waals surface area contributed by atoms with Crippen LogP contribution in [0.15, 0.2) is 17.7 Å². The third kappa shape index (κ3) is 4.66. The van der Waals surface area contributed by atoms with Gasteiger partial charge in [-0.05, 0) is 50.3 Å². The predicted molar refractivity (Wildman–Crippen MR) is 105 cm³/mol. The minimum Gasteiger partial charge on any atom is -0.378 e. The number of nitriles is 1. The fourth-order valence-electron chi connectivity index (χ4n) is 3.77. The molecule has 3 heterocycles. The lowest BCUT2D eigenvalue weighted by Crippen LogP contribution is -2.53. The molecule has 1 atom stereocenters. The first-order chi connectivity index (χ1) is 12.6. The van der Waals surface area contributed by atoms with Gasteiger partial charge >= 0.3 is 0 Å². The van der Waals surface area contributed by atoms with Gasteiger partial charge in [-0.15, -0.1) is 11.3 Å². The largest absolute Gasteiger partial charge is 0.378 e. The van der Waals surface area contributed by atoms with E-state index in [1.54, 1.807) is 0 Å². The molecule has 2 fully saturated rings. The second-order valence-corrected chi connectivity index (χ2v) is 8.48. The average molecular weight is 396 g/mol. The molecular weight excluding hydrogens is 370 g/mol. The number of aliphatic hydroxyl groups is 1. The van der Waals surface area contributed by atoms with Crippen LogP contribution in [0.3, 0.4) is 0 Å². The molecule has 5 nitrogen and oxygen atoms in total. The molecule has 1 aromatic rings. The third-order valence-electron chi connectivity index (χ3n) is 5.22. The molecule has 3 rings (SSSR count). The number of nitrogens with zero attached hydrogens (tertiary/aromatic N) is 3. The number of hydrogen-bond acceptors (Lipinski definition) is 6. The van der Waals surface area contributed by atoms with E-state index in [1.165, 1.54) is 16.9 Å². The van der Waals surface area contributed by atoms with Crippen LogP contribution in [0.1, 0.15) is 37.5 Å². The van der Waals surface area contributed by atoms with Gasteiger partial charge in [0.1, 0.15) is 6.07 Å². The van der Waals surface area contributed by atoms with E-state index in [0.717, 1.165) is 68.9 Å². The van der Waals surface area contributed by atoms with Crippen LogP contribution in [0.5, 0.6) is 0 Å². The van der Waals surface area contributed by atoms with Crippen molar-refractivity contribution in [1.82, 2.24) is 9.80 Å². The van der Waals surface area contributed by atoms with Gasteiger partial charge in [0.2, 0.25) is 0 Å². The summed E-state index contributed by atoms with van der Waals surface area (Å²) >= 11 is 7.46. The van der Waals surface area contributed by atoms with Crippen LogP contribution in [0.2, 0.25) is 4.34 Å². The molecule has 0 saturated carbocycles. The Bertz CT molecular complexity index is 667. The first kappa shape index (κ1) is 19.8. The van der Waals surface area contributed by atoms with Crippen LogP contribution in [0, 0.1) is 11.3 Å². The zero-order valence-corrected chi connectivity index (χ0v) is 16.7. The average Bonchev–Trinajstić information content (AvgIpc) is 3.09. The molecule has 0 spiro atoms. The summed E-state index contributed by atoms with van der Waals surface area (Å²) in [4.78, 5) is 5.19. The SMILES string of the molecule is CCOC1CCN([C@H](O)N2CCC(=C(C#N)c3ccc(Cl)s3)CC2)CC1. The Morgan fingerprint density at radius 3 is 2.50 bits per heavy atom. The summed E-state index contributed by atoms with van der Waals surface area (Å²) in [5, 5.41) is 20.3. The summed E-state index contributed by atoms with van der Waals surface area (Å²) in [5.41, 5.74) is 1.93. The van der Waals surface area contributed by atoms with Crippen LogP contribution in [0.25, 0.3) is 5.57 Å². The van der Waals surface area contributed by atoms with Crippen LogP contribution in [-0.2, 0) is 4.74 Å². The number of thiophene rings is 1. The third-order valence-corrected chi connectivity index (χ3v) is 6.47. The van der Waals surface area contributed by atoms with Gasteiger partial charge in [0.05, 0.1) is 16.0 Å². The molecule has 0 bridgehead atoms. The smallest absolute Gasteiger partial charge is 0.165 e. The van der Waals surface area contributed by atoms with Gasteiger partial charge in [0.15, 0.2) is 6.35 Å². The molecule has 1 aromatic heterocycles. The molecule has 2 aliphatic heterocycles. The summed E-state index contributed by atoms with van der Waals surface area (Å²) in [6.07, 6.45) is 3.36. The predicted octanol–water partition coefficient (Wildman–Crippen LogP) is 3.55. The van der Waals surface area contributed by atoms with E-state index in [2.05, 4.69) is 15.9 Å². The summed E-state index contributed by atoms with van der Waals surface area (Å²) in [6.45, 7) is 6.05. The van der Waals surface area contributed by atoms with Crippen molar-refractivity contribution in [2.24, 2.45) is 0 Å². The van der Waals surface area contributed by atoms with Gasteiger partial charge in [-0.1, -0.05) is 11.6 Å². The van der Waals surface area contributed by atoms with Crippen molar-refractivity contribution >= 4 is 28.5 Å². The highest BCUT2D eigenvalue weighted by Crippen LogP contribution is 2.33. The summed E-state index contributed by atoms with van der Waals surface area (Å²) in [6, 6.07) is 6.11. The van der Waals surface area contributed by atoms with E-state index < -0.39 is 6.35 Å². The summed E-state index contributed by atoms with van der Waals surface area (Å²) in [5.74, 6) is 0. The molecule has 0 radical (unpaired) electrons. The molecule has 2 aliphatic rings. The lowest BCUT2D eigenvalue weighted by molar-refractivity contribution is -0.133. The van der Waals surface area contributed by atoms with E-state index in [0.29, 0.717) is 10.4 Å². The number of rotatable bonds is 5. The van der Waals surface area contributed by atoms with E-state index in [9.17, 15) is 10.4 Å². The Morgan fingerprint density at radius 1 is 1.31 bits per heavy atom. The first-order valence-corrected chi connectivity index (χ1v) is 10.5. The Balaban J connectivity index is 1.56. The second-order valence-electron chi connectivity index (χ2n) is 6.77. The molecule has 0 unspecified atom stereocenters. The zero-order valence-electron chi connectivity index (χ0n) is 15.2. The highest BCUT2D eigenvalue weighted by molar-refractivity contribution is 7.17. The van der Waals surface area contributed by atoms with Crippen LogP contribution in [-0.4, -0.2) is 60.1 Å². The number of allylic oxidation sites excluding steroid dienone is 1. The van der Waals surface area contributed by atoms with E-state index in [1.807, 2.05) is 19.1 Å². The number of piperidine rings is 2. The molecule has 0 aromatic carbocycles. The van der Waals surface area contributed by atoms with Gasteiger partial charge in [0, 0.05) is 37.7 Å². The highest BCUT2D eigenvalue weighted by Gasteiger charge is 2.30. The standard InChI is InChI=1S/C19H26ClN3O2S/c1-2-25-15-7-11-23(12-8-15)19(24)22-9-5-14(6-10-22)16(13-21)17-3-4-18(20)26-17/h3-4,15,19,24H,2,5-12H2,1H3/t19-/m1/s1. The lowest BCUT2D eigenvalue weighted by Gasteiger charge is -2.41. The fraction of sp³-hybridized carbons (Fsp3) is 0.632. The maximum atomic E-state index is 10.7. The summed E-state index contributed by atoms with van der Waals surface area (Å²) < 4.78 is 6.39. The molecule has 0 amide bonds. The lowest BCUT2D eigenvalue weighted by atomic mass is 9.97. The minimum atomic E-state index is -0.541. The highest BCUT2D eigenvalue weighted by atomic mass is 35.5. The van der Waals surface area contributed by atoms with E-state index in [4.69, 9.17) is 16.3 Å². The summed E-state index contributed by atoms with van der Waals surface area (Å²) in [7, 11) is 0. The van der Waals surface area contributed by atoms with Gasteiger partial charge in [-0.2, -0.15) is 5.26 Å². The Labute approximate surface area is 164 Å². The Hall–Kier alpha value is -0.940. The van der Waals surface area contributed by atoms with Crippen molar-refractivity contribution in [1.29, 1.82) is 5.26 Å². The minimum absolute atomic E-state index is 0.329. The molecule has 2 saturated heterocycles. The van der Waals surface area contributed by atoms with Crippen molar-refractivity contribution in [3.05, 3.63) is 26.9 Å². The fourth-order valence-corrected chi connectivity index (χ4v) is 4.86. The molecule has 0 aliphatic carbocycles. The quantitative estimate of drug-likeness (QED) is 0.772. The van der Waals surface area contributed by atoms with Gasteiger partial charge in [-0.25, -0.2) is 0 Å². The first-order valence-electron chi connectivity index (χ1n) is 9.28. The number of ether oxygens (including phenoxy) is 1. The number of aliphatic hydroxyl groups excluding tert-OH is 1. The topological polar surface area (TPSA) is 59.7 Å². The van der Waals surface area contributed by atoms with Crippen molar-refractivity contribution in [3.8, 4) is 6.07 Å². The van der Waals surface area contributed by atoms with Crippen molar-refractivity contribution in [3.63, 3.8) is 0 Å². The monoisotopic (exact) mass is 395 g/mol. The zero-order chi connectivity index (χ0) is 18.5.